The first-order valence-corrected chi connectivity index (χ1v) is 7.73. The number of nitrogens with one attached hydrogen (secondary N) is 1. The lowest BCUT2D eigenvalue weighted by atomic mass is 9.99. The van der Waals surface area contributed by atoms with E-state index in [-0.39, 0.29) is 0 Å². The van der Waals surface area contributed by atoms with Gasteiger partial charge in [-0.15, -0.1) is 0 Å². The first kappa shape index (κ1) is 15.7. The minimum atomic E-state index is 0.370. The Morgan fingerprint density at radius 1 is 0.952 bits per heavy atom. The Labute approximate surface area is 128 Å². The number of hydrogen-bond donors (Lipinski definition) is 1. The van der Waals surface area contributed by atoms with Gasteiger partial charge < -0.3 is 10.1 Å². The van der Waals surface area contributed by atoms with Crippen LogP contribution in [0.3, 0.4) is 0 Å². The van der Waals surface area contributed by atoms with E-state index >= 15 is 0 Å². The van der Waals surface area contributed by atoms with Gasteiger partial charge in [-0.2, -0.15) is 0 Å². The lowest BCUT2D eigenvalue weighted by Gasteiger charge is -2.19. The fraction of sp³-hybridized carbons (Fsp3) is 0.368. The zero-order valence-electron chi connectivity index (χ0n) is 13.0. The monoisotopic (exact) mass is 283 g/mol. The van der Waals surface area contributed by atoms with Crippen molar-refractivity contribution < 1.29 is 4.74 Å². The quantitative estimate of drug-likeness (QED) is 0.773. The molecule has 2 rings (SSSR count). The summed E-state index contributed by atoms with van der Waals surface area (Å²) in [7, 11) is 1.76. The summed E-state index contributed by atoms with van der Waals surface area (Å²) < 4.78 is 5.23. The molecule has 21 heavy (non-hydrogen) atoms. The molecular formula is C19H25NO. The molecule has 1 atom stereocenters. The first-order chi connectivity index (χ1) is 10.3. The first-order valence-electron chi connectivity index (χ1n) is 7.73. The molecule has 2 aromatic rings. The molecule has 0 aliphatic rings. The van der Waals surface area contributed by atoms with E-state index in [1.165, 1.54) is 16.7 Å². The third kappa shape index (κ3) is 4.69. The second-order valence-corrected chi connectivity index (χ2v) is 5.28. The van der Waals surface area contributed by atoms with Crippen molar-refractivity contribution in [2.75, 3.05) is 20.3 Å². The van der Waals surface area contributed by atoms with E-state index in [2.05, 4.69) is 60.8 Å². The Kier molecular flexibility index (Phi) is 6.45. The molecule has 2 aromatic carbocycles. The summed E-state index contributed by atoms with van der Waals surface area (Å²) in [6.07, 6.45) is 2.15. The van der Waals surface area contributed by atoms with Gasteiger partial charge in [-0.3, -0.25) is 0 Å². The van der Waals surface area contributed by atoms with Crippen LogP contribution in [0.4, 0.5) is 0 Å². The van der Waals surface area contributed by atoms with Gasteiger partial charge >= 0.3 is 0 Å². The van der Waals surface area contributed by atoms with E-state index in [1.807, 2.05) is 6.07 Å². The Morgan fingerprint density at radius 3 is 2.24 bits per heavy atom. The average molecular weight is 283 g/mol. The summed E-state index contributed by atoms with van der Waals surface area (Å²) >= 11 is 0. The Bertz CT molecular complexity index is 499. The summed E-state index contributed by atoms with van der Waals surface area (Å²) in [5.74, 6) is 0. The molecule has 0 heterocycles. The zero-order chi connectivity index (χ0) is 14.9. The third-order valence-corrected chi connectivity index (χ3v) is 3.67. The number of ether oxygens (including phenoxy) is 1. The fourth-order valence-electron chi connectivity index (χ4n) is 2.48. The van der Waals surface area contributed by atoms with Gasteiger partial charge in [0.2, 0.25) is 0 Å². The van der Waals surface area contributed by atoms with Crippen LogP contribution < -0.4 is 5.32 Å². The predicted octanol–water partition coefficient (Wildman–Crippen LogP) is 4.43. The van der Waals surface area contributed by atoms with Crippen molar-refractivity contribution in [3.63, 3.8) is 0 Å². The van der Waals surface area contributed by atoms with E-state index in [1.54, 1.807) is 7.11 Å². The number of benzene rings is 2. The molecule has 2 nitrogen and oxygen atoms in total. The molecule has 0 amide bonds. The number of methoxy groups -OCH3 is 1. The largest absolute Gasteiger partial charge is 0.385 e. The van der Waals surface area contributed by atoms with E-state index < -0.39 is 0 Å². The SMILES string of the molecule is CCCNC(CCOC)c1ccc(-c2ccccc2)cc1. The van der Waals surface area contributed by atoms with Crippen LogP contribution in [0, 0.1) is 0 Å². The van der Waals surface area contributed by atoms with E-state index in [4.69, 9.17) is 4.74 Å². The van der Waals surface area contributed by atoms with Gasteiger partial charge in [0, 0.05) is 19.8 Å². The molecule has 0 aliphatic heterocycles. The van der Waals surface area contributed by atoms with Crippen LogP contribution in [0.2, 0.25) is 0 Å². The molecule has 0 radical (unpaired) electrons. The maximum atomic E-state index is 5.23. The van der Waals surface area contributed by atoms with Crippen LogP contribution in [0.1, 0.15) is 31.4 Å². The summed E-state index contributed by atoms with van der Waals surface area (Å²) in [6, 6.07) is 19.7. The Morgan fingerprint density at radius 2 is 1.62 bits per heavy atom. The topological polar surface area (TPSA) is 21.3 Å². The molecule has 0 saturated carbocycles. The minimum absolute atomic E-state index is 0.370. The molecule has 0 spiro atoms. The summed E-state index contributed by atoms with van der Waals surface area (Å²) in [5, 5.41) is 3.60. The van der Waals surface area contributed by atoms with E-state index in [0.29, 0.717) is 6.04 Å². The highest BCUT2D eigenvalue weighted by molar-refractivity contribution is 5.63. The second kappa shape index (κ2) is 8.60. The fourth-order valence-corrected chi connectivity index (χ4v) is 2.48. The van der Waals surface area contributed by atoms with Gasteiger partial charge in [-0.05, 0) is 36.1 Å². The minimum Gasteiger partial charge on any atom is -0.385 e. The summed E-state index contributed by atoms with van der Waals surface area (Å²) in [6.45, 7) is 4.01. The van der Waals surface area contributed by atoms with Gasteiger partial charge in [0.15, 0.2) is 0 Å². The van der Waals surface area contributed by atoms with Crippen LogP contribution in [0.25, 0.3) is 11.1 Å². The van der Waals surface area contributed by atoms with E-state index in [0.717, 1.165) is 26.0 Å². The molecule has 0 aliphatic carbocycles. The van der Waals surface area contributed by atoms with Crippen molar-refractivity contribution in [2.24, 2.45) is 0 Å². The van der Waals surface area contributed by atoms with Gasteiger partial charge in [-0.25, -0.2) is 0 Å². The van der Waals surface area contributed by atoms with Gasteiger partial charge in [0.1, 0.15) is 0 Å². The molecule has 1 unspecified atom stereocenters. The molecular weight excluding hydrogens is 258 g/mol. The van der Waals surface area contributed by atoms with E-state index in [9.17, 15) is 0 Å². The molecule has 2 heteroatoms. The van der Waals surface area contributed by atoms with Crippen molar-refractivity contribution in [2.45, 2.75) is 25.8 Å². The number of hydrogen-bond acceptors (Lipinski definition) is 2. The van der Waals surface area contributed by atoms with Gasteiger partial charge in [0.25, 0.3) is 0 Å². The molecule has 1 N–H and O–H groups in total. The van der Waals surface area contributed by atoms with Crippen molar-refractivity contribution in [3.8, 4) is 11.1 Å². The van der Waals surface area contributed by atoms with Crippen LogP contribution >= 0.6 is 0 Å². The van der Waals surface area contributed by atoms with Crippen LogP contribution in [0.5, 0.6) is 0 Å². The second-order valence-electron chi connectivity index (χ2n) is 5.28. The van der Waals surface area contributed by atoms with Crippen LogP contribution in [0.15, 0.2) is 54.6 Å². The van der Waals surface area contributed by atoms with Gasteiger partial charge in [0.05, 0.1) is 0 Å². The zero-order valence-corrected chi connectivity index (χ0v) is 13.0. The Balaban J connectivity index is 2.11. The standard InChI is InChI=1S/C19H25NO/c1-3-14-20-19(13-15-21-2)18-11-9-17(10-12-18)16-7-5-4-6-8-16/h4-12,19-20H,3,13-15H2,1-2H3. The van der Waals surface area contributed by atoms with Crippen molar-refractivity contribution >= 4 is 0 Å². The van der Waals surface area contributed by atoms with Crippen molar-refractivity contribution in [1.29, 1.82) is 0 Å². The summed E-state index contributed by atoms with van der Waals surface area (Å²) in [5.41, 5.74) is 3.86. The lowest BCUT2D eigenvalue weighted by Crippen LogP contribution is -2.23. The van der Waals surface area contributed by atoms with Crippen LogP contribution in [-0.2, 0) is 4.74 Å². The highest BCUT2D eigenvalue weighted by Crippen LogP contribution is 2.23. The maximum absolute atomic E-state index is 5.23. The highest BCUT2D eigenvalue weighted by Gasteiger charge is 2.10. The molecule has 0 bridgehead atoms. The highest BCUT2D eigenvalue weighted by atomic mass is 16.5. The van der Waals surface area contributed by atoms with Crippen molar-refractivity contribution in [1.82, 2.24) is 5.32 Å². The molecule has 0 saturated heterocycles. The van der Waals surface area contributed by atoms with Crippen LogP contribution in [-0.4, -0.2) is 20.3 Å². The molecule has 0 aromatic heterocycles. The molecule has 112 valence electrons. The Hall–Kier alpha value is -1.64. The smallest absolute Gasteiger partial charge is 0.0480 e. The summed E-state index contributed by atoms with van der Waals surface area (Å²) in [4.78, 5) is 0. The molecule has 0 fully saturated rings. The average Bonchev–Trinajstić information content (AvgIpc) is 2.56. The predicted molar refractivity (Wildman–Crippen MR) is 89.4 cm³/mol. The number of rotatable bonds is 8. The lowest BCUT2D eigenvalue weighted by molar-refractivity contribution is 0.183. The van der Waals surface area contributed by atoms with Crippen molar-refractivity contribution in [3.05, 3.63) is 60.2 Å². The normalized spacial score (nSPS) is 12.3. The van der Waals surface area contributed by atoms with Gasteiger partial charge in [-0.1, -0.05) is 61.5 Å². The maximum Gasteiger partial charge on any atom is 0.0480 e. The third-order valence-electron chi connectivity index (χ3n) is 3.67.